The van der Waals surface area contributed by atoms with Crippen molar-refractivity contribution in [3.05, 3.63) is 34.1 Å². The molecule has 1 heterocycles. The molecule has 0 amide bonds. The minimum atomic E-state index is -0.293. The molecule has 1 aromatic carbocycles. The lowest BCUT2D eigenvalue weighted by Crippen LogP contribution is -2.33. The predicted molar refractivity (Wildman–Crippen MR) is 85.6 cm³/mol. The molecule has 0 aliphatic carbocycles. The Morgan fingerprint density at radius 2 is 2.16 bits per heavy atom. The molecule has 1 aliphatic rings. The highest BCUT2D eigenvalue weighted by Gasteiger charge is 2.31. The summed E-state index contributed by atoms with van der Waals surface area (Å²) >= 11 is 6.92. The highest BCUT2D eigenvalue weighted by Crippen LogP contribution is 2.34. The number of thioether (sulfide) groups is 2. The van der Waals surface area contributed by atoms with Crippen molar-refractivity contribution >= 4 is 45.2 Å². The second-order valence-corrected chi connectivity index (χ2v) is 8.00. The summed E-state index contributed by atoms with van der Waals surface area (Å²) in [7, 11) is 0. The molecule has 2 rings (SSSR count). The van der Waals surface area contributed by atoms with Gasteiger partial charge in [0, 0.05) is 27.6 Å². The first-order chi connectivity index (χ1) is 9.11. The summed E-state index contributed by atoms with van der Waals surface area (Å²) in [6.45, 7) is 2.11. The van der Waals surface area contributed by atoms with E-state index < -0.39 is 0 Å². The highest BCUT2D eigenvalue weighted by molar-refractivity contribution is 9.10. The standard InChI is InChI=1S/C14H16BrFOS2/c1-2-13-14(19-6-5-18-13)12(17)8-9-7-10(15)3-4-11(9)16/h3-4,7,13-14H,2,5-6,8H2,1H3. The van der Waals surface area contributed by atoms with Crippen LogP contribution in [-0.2, 0) is 11.2 Å². The zero-order valence-corrected chi connectivity index (χ0v) is 13.9. The van der Waals surface area contributed by atoms with Crippen LogP contribution in [0.4, 0.5) is 4.39 Å². The Kier molecular flexibility index (Phi) is 5.78. The monoisotopic (exact) mass is 362 g/mol. The molecule has 0 N–H and O–H groups in total. The Morgan fingerprint density at radius 1 is 1.42 bits per heavy atom. The summed E-state index contributed by atoms with van der Waals surface area (Å²) in [6.07, 6.45) is 1.19. The number of Topliss-reactive ketones (excluding diaryl/α,β-unsaturated/α-hetero) is 1. The SMILES string of the molecule is CCC1SCCSC1C(=O)Cc1cc(Br)ccc1F. The summed E-state index contributed by atoms with van der Waals surface area (Å²) in [4.78, 5) is 12.4. The van der Waals surface area contributed by atoms with Gasteiger partial charge in [0.05, 0.1) is 5.25 Å². The van der Waals surface area contributed by atoms with Crippen LogP contribution in [0.15, 0.2) is 22.7 Å². The largest absolute Gasteiger partial charge is 0.298 e. The second-order valence-electron chi connectivity index (χ2n) is 4.49. The maximum Gasteiger partial charge on any atom is 0.151 e. The van der Waals surface area contributed by atoms with Crippen LogP contribution in [0.2, 0.25) is 0 Å². The van der Waals surface area contributed by atoms with Crippen LogP contribution in [0, 0.1) is 5.82 Å². The van der Waals surface area contributed by atoms with E-state index in [9.17, 15) is 9.18 Å². The minimum absolute atomic E-state index is 0.0159. The van der Waals surface area contributed by atoms with E-state index in [4.69, 9.17) is 0 Å². The molecule has 2 atom stereocenters. The van der Waals surface area contributed by atoms with E-state index in [-0.39, 0.29) is 23.3 Å². The van der Waals surface area contributed by atoms with Gasteiger partial charge in [-0.2, -0.15) is 11.8 Å². The minimum Gasteiger partial charge on any atom is -0.298 e. The van der Waals surface area contributed by atoms with Gasteiger partial charge in [0.1, 0.15) is 5.82 Å². The van der Waals surface area contributed by atoms with Gasteiger partial charge >= 0.3 is 0 Å². The third kappa shape index (κ3) is 3.99. The zero-order chi connectivity index (χ0) is 13.8. The lowest BCUT2D eigenvalue weighted by Gasteiger charge is -2.28. The molecule has 1 aromatic rings. The molecule has 104 valence electrons. The summed E-state index contributed by atoms with van der Waals surface area (Å²) in [6, 6.07) is 4.77. The lowest BCUT2D eigenvalue weighted by atomic mass is 10.0. The van der Waals surface area contributed by atoms with E-state index in [1.807, 2.05) is 11.8 Å². The third-order valence-corrected chi connectivity index (χ3v) is 6.93. The molecular formula is C14H16BrFOS2. The number of halogens is 2. The van der Waals surface area contributed by atoms with Gasteiger partial charge in [0.2, 0.25) is 0 Å². The molecule has 19 heavy (non-hydrogen) atoms. The molecule has 0 aromatic heterocycles. The van der Waals surface area contributed by atoms with Gasteiger partial charge in [0.15, 0.2) is 5.78 Å². The molecule has 1 aliphatic heterocycles. The normalized spacial score (nSPS) is 23.3. The molecule has 1 saturated heterocycles. The van der Waals surface area contributed by atoms with E-state index >= 15 is 0 Å². The van der Waals surface area contributed by atoms with Gasteiger partial charge in [-0.25, -0.2) is 4.39 Å². The number of carbonyl (C=O) groups is 1. The fraction of sp³-hybridized carbons (Fsp3) is 0.500. The Hall–Kier alpha value is -0.000000000000000111. The fourth-order valence-electron chi connectivity index (χ4n) is 2.17. The maximum absolute atomic E-state index is 13.7. The van der Waals surface area contributed by atoms with Crippen molar-refractivity contribution in [3.8, 4) is 0 Å². The molecule has 0 saturated carbocycles. The fourth-order valence-corrected chi connectivity index (χ4v) is 5.61. The maximum atomic E-state index is 13.7. The molecule has 0 radical (unpaired) electrons. The van der Waals surface area contributed by atoms with E-state index in [0.717, 1.165) is 22.4 Å². The van der Waals surface area contributed by atoms with E-state index in [1.54, 1.807) is 23.9 Å². The Labute approximate surface area is 130 Å². The molecule has 0 spiro atoms. The first-order valence-corrected chi connectivity index (χ1v) is 9.20. The molecular weight excluding hydrogens is 347 g/mol. The van der Waals surface area contributed by atoms with Crippen molar-refractivity contribution in [3.63, 3.8) is 0 Å². The smallest absolute Gasteiger partial charge is 0.151 e. The van der Waals surface area contributed by atoms with Gasteiger partial charge in [-0.05, 0) is 30.2 Å². The third-order valence-electron chi connectivity index (χ3n) is 3.14. The van der Waals surface area contributed by atoms with Crippen molar-refractivity contribution in [1.29, 1.82) is 0 Å². The first kappa shape index (κ1) is 15.4. The molecule has 1 nitrogen and oxygen atoms in total. The molecule has 1 fully saturated rings. The van der Waals surface area contributed by atoms with Crippen molar-refractivity contribution < 1.29 is 9.18 Å². The topological polar surface area (TPSA) is 17.1 Å². The van der Waals surface area contributed by atoms with E-state index in [2.05, 4.69) is 22.9 Å². The molecule has 2 unspecified atom stereocenters. The van der Waals surface area contributed by atoms with Crippen LogP contribution in [0.25, 0.3) is 0 Å². The first-order valence-electron chi connectivity index (χ1n) is 6.31. The van der Waals surface area contributed by atoms with Crippen molar-refractivity contribution in [2.45, 2.75) is 30.3 Å². The zero-order valence-electron chi connectivity index (χ0n) is 10.7. The van der Waals surface area contributed by atoms with Gasteiger partial charge < -0.3 is 0 Å². The van der Waals surface area contributed by atoms with Crippen molar-refractivity contribution in [2.75, 3.05) is 11.5 Å². The summed E-state index contributed by atoms with van der Waals surface area (Å²) < 4.78 is 14.5. The number of hydrogen-bond donors (Lipinski definition) is 0. The van der Waals surface area contributed by atoms with Gasteiger partial charge in [-0.1, -0.05) is 22.9 Å². The van der Waals surface area contributed by atoms with Crippen LogP contribution in [0.5, 0.6) is 0 Å². The quantitative estimate of drug-likeness (QED) is 0.793. The Morgan fingerprint density at radius 3 is 2.89 bits per heavy atom. The van der Waals surface area contributed by atoms with Crippen LogP contribution in [0.1, 0.15) is 18.9 Å². The average Bonchev–Trinajstić information content (AvgIpc) is 2.42. The molecule has 5 heteroatoms. The van der Waals surface area contributed by atoms with Crippen LogP contribution in [-0.4, -0.2) is 27.8 Å². The lowest BCUT2D eigenvalue weighted by molar-refractivity contribution is -0.118. The molecule has 0 bridgehead atoms. The van der Waals surface area contributed by atoms with Gasteiger partial charge in [-0.15, -0.1) is 11.8 Å². The second kappa shape index (κ2) is 7.14. The van der Waals surface area contributed by atoms with Crippen LogP contribution in [0.3, 0.4) is 0 Å². The highest BCUT2D eigenvalue weighted by atomic mass is 79.9. The van der Waals surface area contributed by atoms with Gasteiger partial charge in [0.25, 0.3) is 0 Å². The summed E-state index contributed by atoms with van der Waals surface area (Å²) in [5.74, 6) is 1.98. The summed E-state index contributed by atoms with van der Waals surface area (Å²) in [5.41, 5.74) is 0.491. The number of hydrogen-bond acceptors (Lipinski definition) is 3. The van der Waals surface area contributed by atoms with Crippen LogP contribution >= 0.6 is 39.5 Å². The number of benzene rings is 1. The van der Waals surface area contributed by atoms with E-state index in [1.165, 1.54) is 6.07 Å². The number of carbonyl (C=O) groups excluding carboxylic acids is 1. The summed E-state index contributed by atoms with van der Waals surface area (Å²) in [5, 5.41) is 0.392. The number of ketones is 1. The average molecular weight is 363 g/mol. The van der Waals surface area contributed by atoms with Crippen molar-refractivity contribution in [2.24, 2.45) is 0 Å². The van der Waals surface area contributed by atoms with Crippen molar-refractivity contribution in [1.82, 2.24) is 0 Å². The van der Waals surface area contributed by atoms with E-state index in [0.29, 0.717) is 10.8 Å². The Bertz CT molecular complexity index is 467. The Balaban J connectivity index is 2.09. The van der Waals surface area contributed by atoms with Crippen LogP contribution < -0.4 is 0 Å². The van der Waals surface area contributed by atoms with Gasteiger partial charge in [-0.3, -0.25) is 4.79 Å². The predicted octanol–water partition coefficient (Wildman–Crippen LogP) is 4.33. The number of rotatable bonds is 4.